The number of nitrogens with one attached hydrogen (secondary N) is 1. The molecule has 2 aromatic carbocycles. The first kappa shape index (κ1) is 23.3. The van der Waals surface area contributed by atoms with Gasteiger partial charge in [0.1, 0.15) is 22.8 Å². The normalized spacial score (nSPS) is 14.2. The van der Waals surface area contributed by atoms with Gasteiger partial charge < -0.3 is 15.0 Å². The van der Waals surface area contributed by atoms with Crippen LogP contribution in [0, 0.1) is 5.82 Å². The molecule has 1 aliphatic rings. The lowest BCUT2D eigenvalue weighted by Gasteiger charge is -2.27. The maximum atomic E-state index is 13.3. The van der Waals surface area contributed by atoms with Gasteiger partial charge in [0.2, 0.25) is 0 Å². The molecule has 8 nitrogen and oxygen atoms in total. The second-order valence-corrected chi connectivity index (χ2v) is 11.4. The number of phenols is 1. The largest absolute Gasteiger partial charge is 0.592 e. The average Bonchev–Trinajstić information content (AvgIpc) is 3.19. The minimum atomic E-state index is -4.00. The van der Waals surface area contributed by atoms with Gasteiger partial charge in [-0.15, -0.1) is 0 Å². The van der Waals surface area contributed by atoms with Crippen LogP contribution >= 0.6 is 0 Å². The van der Waals surface area contributed by atoms with E-state index in [2.05, 4.69) is 10.3 Å². The van der Waals surface area contributed by atoms with Gasteiger partial charge in [-0.2, -0.15) is 0 Å². The Morgan fingerprint density at radius 2 is 1.94 bits per heavy atom. The third kappa shape index (κ3) is 4.11. The Balaban J connectivity index is 2.00. The van der Waals surface area contributed by atoms with Crippen LogP contribution in [0.1, 0.15) is 40.9 Å². The molecule has 0 saturated carbocycles. The summed E-state index contributed by atoms with van der Waals surface area (Å²) in [4.78, 5) is 16.7. The van der Waals surface area contributed by atoms with Gasteiger partial charge in [-0.1, -0.05) is 15.8 Å². The van der Waals surface area contributed by atoms with Crippen molar-refractivity contribution in [2.75, 3.05) is 15.2 Å². The molecular weight excluding hydrogens is 469 g/mol. The number of phenolic OH excluding ortho intramolecular Hbond substituents is 1. The molecule has 1 aliphatic heterocycles. The highest BCUT2D eigenvalue weighted by atomic mass is 32.3. The van der Waals surface area contributed by atoms with Gasteiger partial charge in [-0.05, 0) is 49.6 Å². The van der Waals surface area contributed by atoms with Crippen LogP contribution in [0.4, 0.5) is 10.1 Å². The Morgan fingerprint density at radius 3 is 2.58 bits per heavy atom. The summed E-state index contributed by atoms with van der Waals surface area (Å²) in [5.41, 5.74) is 1.77. The number of benzene rings is 2. The average molecular weight is 492 g/mol. The summed E-state index contributed by atoms with van der Waals surface area (Å²) in [6, 6.07) is 7.59. The molecular formula is C22H22FN3O5S2. The summed E-state index contributed by atoms with van der Waals surface area (Å²) < 4.78 is 53.1. The Labute approximate surface area is 193 Å². The van der Waals surface area contributed by atoms with E-state index in [0.29, 0.717) is 12.0 Å². The molecule has 1 unspecified atom stereocenters. The molecule has 0 fully saturated rings. The molecule has 2 heterocycles. The molecule has 33 heavy (non-hydrogen) atoms. The van der Waals surface area contributed by atoms with E-state index in [1.54, 1.807) is 25.1 Å². The quantitative estimate of drug-likeness (QED) is 0.490. The van der Waals surface area contributed by atoms with Crippen molar-refractivity contribution in [3.8, 4) is 5.75 Å². The number of anilines is 1. The summed E-state index contributed by atoms with van der Waals surface area (Å²) in [6.45, 7) is 3.02. The second-order valence-electron chi connectivity index (χ2n) is 7.51. The van der Waals surface area contributed by atoms with Gasteiger partial charge in [0, 0.05) is 23.7 Å². The van der Waals surface area contributed by atoms with Crippen LogP contribution in [-0.4, -0.2) is 40.5 Å². The van der Waals surface area contributed by atoms with Crippen LogP contribution in [0.25, 0.3) is 10.9 Å². The summed E-state index contributed by atoms with van der Waals surface area (Å²) >= 11 is -1.94. The molecule has 1 amide bonds. The monoisotopic (exact) mass is 491 g/mol. The molecule has 0 saturated heterocycles. The molecule has 11 heteroatoms. The summed E-state index contributed by atoms with van der Waals surface area (Å²) in [5, 5.41) is 13.7. The first-order valence-corrected chi connectivity index (χ1v) is 13.2. The zero-order chi connectivity index (χ0) is 23.9. The number of amides is 1. The number of fused-ring (bicyclic) bond motifs is 2. The van der Waals surface area contributed by atoms with Crippen molar-refractivity contribution in [2.45, 2.75) is 26.8 Å². The number of aromatic hydroxyl groups is 1. The van der Waals surface area contributed by atoms with Crippen LogP contribution in [-0.2, 0) is 34.4 Å². The molecule has 0 aliphatic carbocycles. The minimum Gasteiger partial charge on any atom is -0.592 e. The molecule has 0 spiro atoms. The fourth-order valence-electron chi connectivity index (χ4n) is 3.84. The third-order valence-corrected chi connectivity index (χ3v) is 9.10. The molecule has 4 rings (SSSR count). The van der Waals surface area contributed by atoms with Crippen LogP contribution in [0.2, 0.25) is 0 Å². The van der Waals surface area contributed by atoms with E-state index in [4.69, 9.17) is 0 Å². The number of nitrogens with zero attached hydrogens (tertiary/aromatic N) is 2. The van der Waals surface area contributed by atoms with E-state index < -0.39 is 27.3 Å². The van der Waals surface area contributed by atoms with E-state index in [9.17, 15) is 27.3 Å². The van der Waals surface area contributed by atoms with Crippen LogP contribution in [0.5, 0.6) is 5.75 Å². The van der Waals surface area contributed by atoms with Crippen molar-refractivity contribution >= 4 is 43.9 Å². The topological polar surface area (TPSA) is 123 Å². The lowest BCUT2D eigenvalue weighted by Crippen LogP contribution is -2.40. The number of hydrogen-bond donors (Lipinski definition) is 2. The lowest BCUT2D eigenvalue weighted by molar-refractivity contribution is 0.0963. The van der Waals surface area contributed by atoms with E-state index >= 15 is 0 Å². The minimum absolute atomic E-state index is 0.0220. The molecule has 174 valence electrons. The summed E-state index contributed by atoms with van der Waals surface area (Å²) in [6.07, 6.45) is 1.87. The van der Waals surface area contributed by atoms with E-state index in [1.807, 2.05) is 0 Å². The maximum Gasteiger partial charge on any atom is 0.273 e. The number of pyridine rings is 1. The third-order valence-electron chi connectivity index (χ3n) is 5.45. The van der Waals surface area contributed by atoms with Crippen molar-refractivity contribution < 1.29 is 27.3 Å². The number of hydrogen-bond acceptors (Lipinski definition) is 6. The van der Waals surface area contributed by atoms with Gasteiger partial charge in [-0.25, -0.2) is 12.8 Å². The number of sulfonamides is 1. The molecule has 3 aromatic rings. The lowest BCUT2D eigenvalue weighted by atomic mass is 9.99. The fraction of sp³-hybridized carbons (Fsp3) is 0.273. The van der Waals surface area contributed by atoms with Crippen molar-refractivity contribution in [1.29, 1.82) is 0 Å². The van der Waals surface area contributed by atoms with Gasteiger partial charge in [-0.3, -0.25) is 9.78 Å². The summed E-state index contributed by atoms with van der Waals surface area (Å²) in [7, 11) is -4.00. The van der Waals surface area contributed by atoms with Crippen molar-refractivity contribution in [3.63, 3.8) is 0 Å². The molecule has 0 bridgehead atoms. The van der Waals surface area contributed by atoms with Gasteiger partial charge in [0.25, 0.3) is 15.9 Å². The highest BCUT2D eigenvalue weighted by molar-refractivity contribution is 8.10. The first-order valence-electron chi connectivity index (χ1n) is 10.3. The number of carbonyl (C=O) groups excluding carboxylic acids is 1. The van der Waals surface area contributed by atoms with Crippen molar-refractivity contribution in [1.82, 2.24) is 10.3 Å². The fourth-order valence-corrected chi connectivity index (χ4v) is 6.85. The maximum absolute atomic E-state index is 13.3. The van der Waals surface area contributed by atoms with E-state index in [1.165, 1.54) is 25.3 Å². The van der Waals surface area contributed by atoms with E-state index in [0.717, 1.165) is 9.27 Å². The zero-order valence-corrected chi connectivity index (χ0v) is 19.6. The first-order chi connectivity index (χ1) is 15.7. The van der Waals surface area contributed by atoms with Crippen LogP contribution in [0.15, 0.2) is 36.5 Å². The Morgan fingerprint density at radius 1 is 1.24 bits per heavy atom. The molecule has 1 atom stereocenters. The van der Waals surface area contributed by atoms with Crippen LogP contribution in [0.3, 0.4) is 0 Å². The summed E-state index contributed by atoms with van der Waals surface area (Å²) in [5.74, 6) is -1.56. The number of halogens is 1. The number of rotatable bonds is 7. The predicted molar refractivity (Wildman–Crippen MR) is 124 cm³/mol. The second kappa shape index (κ2) is 8.81. The van der Waals surface area contributed by atoms with E-state index in [-0.39, 0.29) is 57.3 Å². The van der Waals surface area contributed by atoms with Crippen LogP contribution < -0.4 is 9.03 Å². The smallest absolute Gasteiger partial charge is 0.273 e. The number of carbonyl (C=O) groups is 1. The Bertz CT molecular complexity index is 1350. The Hall–Kier alpha value is -2.89. The number of aromatic nitrogens is 1. The van der Waals surface area contributed by atoms with Gasteiger partial charge >= 0.3 is 0 Å². The van der Waals surface area contributed by atoms with Gasteiger partial charge in [0.05, 0.1) is 22.7 Å². The molecule has 2 N–H and O–H groups in total. The zero-order valence-electron chi connectivity index (χ0n) is 18.0. The SMILES string of the molecule is CC[S+]([O-])N(c1c2c(c(O)c3ncc(Cc4ccc(F)cc4)cc13)C(=O)NC2)S(=O)(=O)CC. The van der Waals surface area contributed by atoms with Gasteiger partial charge in [0.15, 0.2) is 5.75 Å². The Kier molecular flexibility index (Phi) is 6.21. The standard InChI is InChI=1S/C22H22FN3O5S2/c1-3-32(29)26(33(30,31)4-2)20-16-10-14(9-13-5-7-15(23)8-6-13)11-24-19(16)21(27)18-17(20)12-25-22(18)28/h5-8,10-11,27H,3-4,9,12H2,1-2H3,(H,25,28). The molecule has 0 radical (unpaired) electrons. The van der Waals surface area contributed by atoms with Crippen molar-refractivity contribution in [3.05, 3.63) is 64.6 Å². The highest BCUT2D eigenvalue weighted by Gasteiger charge is 2.40. The van der Waals surface area contributed by atoms with Crippen molar-refractivity contribution in [2.24, 2.45) is 0 Å². The highest BCUT2D eigenvalue weighted by Crippen LogP contribution is 2.44. The predicted octanol–water partition coefficient (Wildman–Crippen LogP) is 2.75. The molecule has 1 aromatic heterocycles.